The highest BCUT2D eigenvalue weighted by molar-refractivity contribution is 7.99. The van der Waals surface area contributed by atoms with Crippen molar-refractivity contribution in [3.8, 4) is 0 Å². The summed E-state index contributed by atoms with van der Waals surface area (Å²) in [6.07, 6.45) is 3.12. The molecule has 0 spiro atoms. The van der Waals surface area contributed by atoms with Gasteiger partial charge in [-0.25, -0.2) is 0 Å². The molecule has 4 nitrogen and oxygen atoms in total. The summed E-state index contributed by atoms with van der Waals surface area (Å²) in [4.78, 5) is 24.9. The van der Waals surface area contributed by atoms with Crippen molar-refractivity contribution in [1.29, 1.82) is 0 Å². The molecule has 0 aliphatic carbocycles. The minimum atomic E-state index is -0.321. The van der Waals surface area contributed by atoms with Gasteiger partial charge in [0.25, 0.3) is 0 Å². The molecule has 18 heavy (non-hydrogen) atoms. The van der Waals surface area contributed by atoms with Crippen molar-refractivity contribution < 1.29 is 14.3 Å². The number of thioether (sulfide) groups is 1. The van der Waals surface area contributed by atoms with Crippen LogP contribution >= 0.6 is 11.8 Å². The first kappa shape index (κ1) is 17.3. The molecule has 106 valence electrons. The lowest BCUT2D eigenvalue weighted by Crippen LogP contribution is -2.38. The molecule has 0 aromatic rings. The molecule has 0 atom stereocenters. The Bertz CT molecular complexity index is 246. The molecule has 0 radical (unpaired) electrons. The maximum atomic E-state index is 11.9. The van der Waals surface area contributed by atoms with Gasteiger partial charge in [0.1, 0.15) is 6.54 Å². The van der Waals surface area contributed by atoms with Crippen molar-refractivity contribution >= 4 is 23.6 Å². The molecular weight excluding hydrogens is 250 g/mol. The van der Waals surface area contributed by atoms with Crippen molar-refractivity contribution in [1.82, 2.24) is 4.90 Å². The Morgan fingerprint density at radius 1 is 1.17 bits per heavy atom. The van der Waals surface area contributed by atoms with E-state index in [1.807, 2.05) is 6.92 Å². The summed E-state index contributed by atoms with van der Waals surface area (Å²) >= 11 is 1.64. The van der Waals surface area contributed by atoms with Gasteiger partial charge >= 0.3 is 5.97 Å². The van der Waals surface area contributed by atoms with Crippen molar-refractivity contribution in [2.75, 3.05) is 31.2 Å². The number of rotatable bonds is 10. The number of esters is 1. The zero-order valence-electron chi connectivity index (χ0n) is 11.7. The summed E-state index contributed by atoms with van der Waals surface area (Å²) in [5.74, 6) is 1.17. The highest BCUT2D eigenvalue weighted by Gasteiger charge is 2.16. The van der Waals surface area contributed by atoms with Gasteiger partial charge in [-0.3, -0.25) is 9.59 Å². The van der Waals surface area contributed by atoms with E-state index in [2.05, 4.69) is 6.92 Å². The zero-order chi connectivity index (χ0) is 13.8. The highest BCUT2D eigenvalue weighted by Crippen LogP contribution is 2.07. The Morgan fingerprint density at radius 3 is 2.44 bits per heavy atom. The monoisotopic (exact) mass is 275 g/mol. The van der Waals surface area contributed by atoms with E-state index in [1.54, 1.807) is 23.6 Å². The van der Waals surface area contributed by atoms with E-state index in [0.717, 1.165) is 25.0 Å². The number of carbonyl (C=O) groups excluding carboxylic acids is 2. The highest BCUT2D eigenvalue weighted by atomic mass is 32.2. The van der Waals surface area contributed by atoms with Gasteiger partial charge < -0.3 is 9.64 Å². The van der Waals surface area contributed by atoms with Crippen molar-refractivity contribution in [2.45, 2.75) is 40.0 Å². The molecule has 0 unspecified atom stereocenters. The standard InChI is InChI=1S/C13H25NO3S/c1-4-7-9-18-11-12(15)14(8-5-2)10-13(16)17-6-3/h4-11H2,1-3H3. The smallest absolute Gasteiger partial charge is 0.325 e. The summed E-state index contributed by atoms with van der Waals surface area (Å²) in [6, 6.07) is 0. The molecule has 0 N–H and O–H groups in total. The second-order valence-electron chi connectivity index (χ2n) is 4.03. The molecule has 1 amide bonds. The van der Waals surface area contributed by atoms with E-state index in [4.69, 9.17) is 4.74 Å². The van der Waals surface area contributed by atoms with Gasteiger partial charge in [0, 0.05) is 6.54 Å². The van der Waals surface area contributed by atoms with Crippen molar-refractivity contribution in [3.05, 3.63) is 0 Å². The Morgan fingerprint density at radius 2 is 1.89 bits per heavy atom. The van der Waals surface area contributed by atoms with E-state index in [1.165, 1.54) is 0 Å². The fraction of sp³-hybridized carbons (Fsp3) is 0.846. The van der Waals surface area contributed by atoms with Crippen LogP contribution in [0.3, 0.4) is 0 Å². The van der Waals surface area contributed by atoms with Crippen molar-refractivity contribution in [3.63, 3.8) is 0 Å². The van der Waals surface area contributed by atoms with Gasteiger partial charge in [0.2, 0.25) is 5.91 Å². The Labute approximate surface area is 114 Å². The van der Waals surface area contributed by atoms with Crippen LogP contribution in [0.15, 0.2) is 0 Å². The molecule has 0 aromatic heterocycles. The number of nitrogens with zero attached hydrogens (tertiary/aromatic N) is 1. The SMILES string of the molecule is CCCCSCC(=O)N(CCC)CC(=O)OCC. The summed E-state index contributed by atoms with van der Waals surface area (Å²) < 4.78 is 4.87. The van der Waals surface area contributed by atoms with Crippen molar-refractivity contribution in [2.24, 2.45) is 0 Å². The van der Waals surface area contributed by atoms with Gasteiger partial charge in [0.15, 0.2) is 0 Å². The number of hydrogen-bond donors (Lipinski definition) is 0. The molecule has 0 heterocycles. The van der Waals surface area contributed by atoms with Crippen LogP contribution < -0.4 is 0 Å². The van der Waals surface area contributed by atoms with Gasteiger partial charge in [-0.05, 0) is 25.5 Å². The van der Waals surface area contributed by atoms with Crippen LogP contribution in [0.25, 0.3) is 0 Å². The number of ether oxygens (including phenoxy) is 1. The molecule has 0 aliphatic rings. The first-order valence-corrected chi connectivity index (χ1v) is 7.82. The third kappa shape index (κ3) is 8.39. The summed E-state index contributed by atoms with van der Waals surface area (Å²) in [6.45, 7) is 6.95. The van der Waals surface area contributed by atoms with Gasteiger partial charge in [-0.15, -0.1) is 0 Å². The third-order valence-electron chi connectivity index (χ3n) is 2.34. The maximum Gasteiger partial charge on any atom is 0.325 e. The predicted octanol–water partition coefficient (Wildman–Crippen LogP) is 2.32. The van der Waals surface area contributed by atoms with E-state index < -0.39 is 0 Å². The van der Waals surface area contributed by atoms with E-state index in [0.29, 0.717) is 18.9 Å². The van der Waals surface area contributed by atoms with Crippen LogP contribution in [0, 0.1) is 0 Å². The van der Waals surface area contributed by atoms with Crippen LogP contribution in [0.4, 0.5) is 0 Å². The lowest BCUT2D eigenvalue weighted by atomic mass is 10.4. The number of unbranched alkanes of at least 4 members (excludes halogenated alkanes) is 1. The van der Waals surface area contributed by atoms with Gasteiger partial charge in [-0.2, -0.15) is 11.8 Å². The largest absolute Gasteiger partial charge is 0.465 e. The van der Waals surface area contributed by atoms with Gasteiger partial charge in [-0.1, -0.05) is 20.3 Å². The van der Waals surface area contributed by atoms with E-state index in [-0.39, 0.29) is 18.4 Å². The number of carbonyl (C=O) groups is 2. The summed E-state index contributed by atoms with van der Waals surface area (Å²) in [5.41, 5.74) is 0. The first-order chi connectivity index (χ1) is 8.65. The van der Waals surface area contributed by atoms with Crippen LogP contribution in [0.2, 0.25) is 0 Å². The molecule has 0 aliphatic heterocycles. The lowest BCUT2D eigenvalue weighted by Gasteiger charge is -2.20. The summed E-state index contributed by atoms with van der Waals surface area (Å²) in [7, 11) is 0. The zero-order valence-corrected chi connectivity index (χ0v) is 12.6. The average Bonchev–Trinajstić information content (AvgIpc) is 2.34. The number of amides is 1. The summed E-state index contributed by atoms with van der Waals surface area (Å²) in [5, 5.41) is 0. The second kappa shape index (κ2) is 11.4. The average molecular weight is 275 g/mol. The fourth-order valence-electron chi connectivity index (χ4n) is 1.42. The molecular formula is C13H25NO3S. The topological polar surface area (TPSA) is 46.6 Å². The van der Waals surface area contributed by atoms with Crippen LogP contribution in [-0.2, 0) is 14.3 Å². The molecule has 0 fully saturated rings. The minimum absolute atomic E-state index is 0.0333. The molecule has 0 saturated carbocycles. The molecule has 0 bridgehead atoms. The Balaban J connectivity index is 4.05. The minimum Gasteiger partial charge on any atom is -0.465 e. The fourth-order valence-corrected chi connectivity index (χ4v) is 2.42. The van der Waals surface area contributed by atoms with E-state index in [9.17, 15) is 9.59 Å². The Hall–Kier alpha value is -0.710. The van der Waals surface area contributed by atoms with Crippen LogP contribution in [0.5, 0.6) is 0 Å². The Kier molecular flexibility index (Phi) is 10.9. The van der Waals surface area contributed by atoms with Gasteiger partial charge in [0.05, 0.1) is 12.4 Å². The number of hydrogen-bond acceptors (Lipinski definition) is 4. The quantitative estimate of drug-likeness (QED) is 0.453. The lowest BCUT2D eigenvalue weighted by molar-refractivity contribution is -0.148. The van der Waals surface area contributed by atoms with E-state index >= 15 is 0 Å². The van der Waals surface area contributed by atoms with Crippen LogP contribution in [0.1, 0.15) is 40.0 Å². The molecule has 0 saturated heterocycles. The second-order valence-corrected chi connectivity index (χ2v) is 5.13. The molecule has 0 rings (SSSR count). The molecule has 0 aromatic carbocycles. The predicted molar refractivity (Wildman–Crippen MR) is 75.7 cm³/mol. The third-order valence-corrected chi connectivity index (χ3v) is 3.37. The van der Waals surface area contributed by atoms with Crippen LogP contribution in [-0.4, -0.2) is 48.0 Å². The molecule has 5 heteroatoms. The normalized spacial score (nSPS) is 10.2. The maximum absolute atomic E-state index is 11.9. The first-order valence-electron chi connectivity index (χ1n) is 6.66.